The molecule has 2 aliphatic rings. The first-order valence-electron chi connectivity index (χ1n) is 7.36. The molecule has 0 radical (unpaired) electrons. The Bertz CT molecular complexity index is 485. The second kappa shape index (κ2) is 5.77. The summed E-state index contributed by atoms with van der Waals surface area (Å²) in [5.74, 6) is 8.09. The van der Waals surface area contributed by atoms with E-state index in [1.54, 1.807) is 0 Å². The predicted molar refractivity (Wildman–Crippen MR) is 78.5 cm³/mol. The van der Waals surface area contributed by atoms with Crippen molar-refractivity contribution in [3.8, 4) is 11.8 Å². The minimum atomic E-state index is 0.433. The molecule has 1 aliphatic carbocycles. The average molecular weight is 254 g/mol. The van der Waals surface area contributed by atoms with Crippen molar-refractivity contribution in [3.63, 3.8) is 0 Å². The van der Waals surface area contributed by atoms with E-state index in [1.165, 1.54) is 37.9 Å². The van der Waals surface area contributed by atoms with Gasteiger partial charge >= 0.3 is 0 Å². The van der Waals surface area contributed by atoms with Crippen molar-refractivity contribution in [1.29, 1.82) is 0 Å². The van der Waals surface area contributed by atoms with Crippen molar-refractivity contribution in [2.45, 2.75) is 25.8 Å². The van der Waals surface area contributed by atoms with Crippen molar-refractivity contribution in [2.75, 3.05) is 19.6 Å². The number of benzene rings is 1. The van der Waals surface area contributed by atoms with Crippen LogP contribution in [0.3, 0.4) is 0 Å². The maximum atomic E-state index is 5.47. The van der Waals surface area contributed by atoms with Crippen LogP contribution in [0, 0.1) is 23.7 Å². The van der Waals surface area contributed by atoms with Gasteiger partial charge in [0.25, 0.3) is 0 Å². The van der Waals surface area contributed by atoms with E-state index in [-0.39, 0.29) is 0 Å². The lowest BCUT2D eigenvalue weighted by molar-refractivity contribution is 0.303. The van der Waals surface area contributed by atoms with Gasteiger partial charge in [0, 0.05) is 25.2 Å². The number of hydrogen-bond acceptors (Lipinski definition) is 2. The van der Waals surface area contributed by atoms with Crippen LogP contribution in [0.25, 0.3) is 0 Å². The van der Waals surface area contributed by atoms with Crippen LogP contribution in [-0.4, -0.2) is 24.5 Å². The van der Waals surface area contributed by atoms with E-state index >= 15 is 0 Å². The quantitative estimate of drug-likeness (QED) is 0.820. The molecular weight excluding hydrogens is 232 g/mol. The van der Waals surface area contributed by atoms with Crippen LogP contribution in [0.2, 0.25) is 0 Å². The molecule has 19 heavy (non-hydrogen) atoms. The molecule has 1 aromatic rings. The average Bonchev–Trinajstić information content (AvgIpc) is 2.98. The third-order valence-electron chi connectivity index (χ3n) is 4.54. The number of nitrogens with zero attached hydrogens (tertiary/aromatic N) is 1. The number of nitrogens with two attached hydrogens (primary N) is 1. The molecule has 1 aromatic carbocycles. The van der Waals surface area contributed by atoms with E-state index in [0.717, 1.165) is 23.9 Å². The van der Waals surface area contributed by atoms with Gasteiger partial charge in [-0.1, -0.05) is 36.5 Å². The molecule has 0 spiro atoms. The zero-order valence-corrected chi connectivity index (χ0v) is 11.4. The molecule has 2 nitrogen and oxygen atoms in total. The first-order chi connectivity index (χ1) is 9.36. The normalized spacial score (nSPS) is 25.9. The largest absolute Gasteiger partial charge is 0.320 e. The Balaban J connectivity index is 1.70. The predicted octanol–water partition coefficient (Wildman–Crippen LogP) is 2.23. The Morgan fingerprint density at radius 1 is 1.16 bits per heavy atom. The minimum Gasteiger partial charge on any atom is -0.320 e. The topological polar surface area (TPSA) is 29.3 Å². The Kier molecular flexibility index (Phi) is 3.87. The summed E-state index contributed by atoms with van der Waals surface area (Å²) < 4.78 is 0. The zero-order valence-electron chi connectivity index (χ0n) is 11.4. The van der Waals surface area contributed by atoms with Gasteiger partial charge in [0.05, 0.1) is 6.54 Å². The summed E-state index contributed by atoms with van der Waals surface area (Å²) in [5, 5.41) is 0. The summed E-state index contributed by atoms with van der Waals surface area (Å²) in [7, 11) is 0. The molecule has 2 fully saturated rings. The summed E-state index contributed by atoms with van der Waals surface area (Å²) in [4.78, 5) is 2.61. The monoisotopic (exact) mass is 254 g/mol. The molecule has 100 valence electrons. The standard InChI is InChI=1S/C17H22N2/c18-10-4-9-14-5-1-2-6-15(14)11-19-12-16-7-3-8-17(16)13-19/h1-2,5-6,16-17H,3,7-8,10-13,18H2. The highest BCUT2D eigenvalue weighted by Crippen LogP contribution is 2.38. The summed E-state index contributed by atoms with van der Waals surface area (Å²) in [6.07, 6.45) is 4.33. The molecule has 2 N–H and O–H groups in total. The molecule has 1 saturated heterocycles. The van der Waals surface area contributed by atoms with Crippen LogP contribution in [0.15, 0.2) is 24.3 Å². The highest BCUT2D eigenvalue weighted by molar-refractivity contribution is 5.41. The fourth-order valence-corrected chi connectivity index (χ4v) is 3.63. The van der Waals surface area contributed by atoms with Crippen LogP contribution < -0.4 is 5.73 Å². The summed E-state index contributed by atoms with van der Waals surface area (Å²) in [5.41, 5.74) is 7.96. The summed E-state index contributed by atoms with van der Waals surface area (Å²) >= 11 is 0. The third kappa shape index (κ3) is 2.83. The smallest absolute Gasteiger partial charge is 0.0555 e. The van der Waals surface area contributed by atoms with Crippen molar-refractivity contribution >= 4 is 0 Å². The molecule has 0 aromatic heterocycles. The number of fused-ring (bicyclic) bond motifs is 1. The van der Waals surface area contributed by atoms with Crippen LogP contribution in [0.1, 0.15) is 30.4 Å². The highest BCUT2D eigenvalue weighted by Gasteiger charge is 2.35. The van der Waals surface area contributed by atoms with E-state index in [4.69, 9.17) is 5.73 Å². The maximum Gasteiger partial charge on any atom is 0.0555 e. The molecule has 1 heterocycles. The van der Waals surface area contributed by atoms with E-state index < -0.39 is 0 Å². The Hall–Kier alpha value is -1.30. The zero-order chi connectivity index (χ0) is 13.1. The Labute approximate surface area is 116 Å². The molecular formula is C17H22N2. The first-order valence-corrected chi connectivity index (χ1v) is 7.36. The molecule has 2 heteroatoms. The Morgan fingerprint density at radius 3 is 2.63 bits per heavy atom. The van der Waals surface area contributed by atoms with Gasteiger partial charge in [0.1, 0.15) is 0 Å². The van der Waals surface area contributed by atoms with Crippen molar-refractivity contribution in [3.05, 3.63) is 35.4 Å². The fraction of sp³-hybridized carbons (Fsp3) is 0.529. The van der Waals surface area contributed by atoms with Gasteiger partial charge in [-0.05, 0) is 36.3 Å². The van der Waals surface area contributed by atoms with Crippen molar-refractivity contribution in [2.24, 2.45) is 17.6 Å². The van der Waals surface area contributed by atoms with Gasteiger partial charge in [-0.2, -0.15) is 0 Å². The van der Waals surface area contributed by atoms with Crippen molar-refractivity contribution in [1.82, 2.24) is 4.90 Å². The van der Waals surface area contributed by atoms with Gasteiger partial charge in [-0.3, -0.25) is 4.90 Å². The summed E-state index contributed by atoms with van der Waals surface area (Å²) in [6, 6.07) is 8.48. The van der Waals surface area contributed by atoms with Crippen LogP contribution in [0.4, 0.5) is 0 Å². The van der Waals surface area contributed by atoms with Crippen LogP contribution in [-0.2, 0) is 6.54 Å². The maximum absolute atomic E-state index is 5.47. The second-order valence-electron chi connectivity index (χ2n) is 5.81. The van der Waals surface area contributed by atoms with E-state index in [1.807, 2.05) is 0 Å². The molecule has 1 aliphatic heterocycles. The molecule has 0 bridgehead atoms. The van der Waals surface area contributed by atoms with E-state index in [0.29, 0.717) is 6.54 Å². The molecule has 0 amide bonds. The summed E-state index contributed by atoms with van der Waals surface area (Å²) in [6.45, 7) is 4.04. The SMILES string of the molecule is NCC#Cc1ccccc1CN1CC2CCCC2C1. The van der Waals surface area contributed by atoms with E-state index in [9.17, 15) is 0 Å². The minimum absolute atomic E-state index is 0.433. The van der Waals surface area contributed by atoms with Gasteiger partial charge in [0.2, 0.25) is 0 Å². The first kappa shape index (κ1) is 12.7. The fourth-order valence-electron chi connectivity index (χ4n) is 3.63. The Morgan fingerprint density at radius 2 is 1.89 bits per heavy atom. The van der Waals surface area contributed by atoms with Gasteiger partial charge in [0.15, 0.2) is 0 Å². The molecule has 3 rings (SSSR count). The van der Waals surface area contributed by atoms with Gasteiger partial charge < -0.3 is 5.73 Å². The number of rotatable bonds is 2. The highest BCUT2D eigenvalue weighted by atomic mass is 15.2. The van der Waals surface area contributed by atoms with Crippen LogP contribution >= 0.6 is 0 Å². The van der Waals surface area contributed by atoms with Gasteiger partial charge in [-0.25, -0.2) is 0 Å². The molecule has 1 saturated carbocycles. The molecule has 2 atom stereocenters. The molecule has 2 unspecified atom stereocenters. The van der Waals surface area contributed by atoms with Crippen LogP contribution in [0.5, 0.6) is 0 Å². The lowest BCUT2D eigenvalue weighted by Crippen LogP contribution is -2.21. The lowest BCUT2D eigenvalue weighted by atomic mass is 10.0. The van der Waals surface area contributed by atoms with Crippen molar-refractivity contribution < 1.29 is 0 Å². The second-order valence-corrected chi connectivity index (χ2v) is 5.81. The number of likely N-dealkylation sites (tertiary alicyclic amines) is 1. The third-order valence-corrected chi connectivity index (χ3v) is 4.54. The van der Waals surface area contributed by atoms with Gasteiger partial charge in [-0.15, -0.1) is 0 Å². The number of hydrogen-bond donors (Lipinski definition) is 1. The lowest BCUT2D eigenvalue weighted by Gasteiger charge is -2.17. The van der Waals surface area contributed by atoms with E-state index in [2.05, 4.69) is 41.0 Å².